The Hall–Kier alpha value is 2.16. The van der Waals surface area contributed by atoms with Crippen LogP contribution >= 0.6 is 0 Å². The third-order valence-corrected chi connectivity index (χ3v) is 0. The van der Waals surface area contributed by atoms with Gasteiger partial charge in [0.1, 0.15) is 0 Å². The van der Waals surface area contributed by atoms with Crippen molar-refractivity contribution < 1.29 is 105 Å². The molecule has 0 unspecified atom stereocenters. The van der Waals surface area contributed by atoms with Gasteiger partial charge in [-0.3, -0.25) is 0 Å². The quantitative estimate of drug-likeness (QED) is 0.473. The minimum absolute atomic E-state index is 0. The van der Waals surface area contributed by atoms with Gasteiger partial charge in [-0.1, -0.05) is 0 Å². The molecule has 0 fully saturated rings. The summed E-state index contributed by atoms with van der Waals surface area (Å²) in [6.07, 6.45) is 0. The van der Waals surface area contributed by atoms with Crippen LogP contribution in [0.4, 0.5) is 0 Å². The van der Waals surface area contributed by atoms with Gasteiger partial charge in [0.25, 0.3) is 0 Å². The molecule has 0 aliphatic heterocycles. The van der Waals surface area contributed by atoms with Crippen LogP contribution in [0.5, 0.6) is 0 Å². The minimum atomic E-state index is 0. The molecule has 0 saturated heterocycles. The molecule has 0 aromatic carbocycles. The maximum Gasteiger partial charge on any atom is 5.00 e. The molecule has 0 rings (SSSR count). The Morgan fingerprint density at radius 3 is 0.333 bits per heavy atom. The second-order valence-electron chi connectivity index (χ2n) is 0. The minimum Gasteiger partial charge on any atom is -2.00 e. The molecule has 9 heavy (non-hydrogen) atoms. The van der Waals surface area contributed by atoms with E-state index in [1.807, 2.05) is 0 Å². The molecule has 6 nitrogen and oxygen atoms in total. The third kappa shape index (κ3) is 145. The SMILES string of the molecule is [Cd+2].[Nb+5].[Nb+5].[O-2].[O-2].[O-2].[O-2].[O-2].[O-2]. The van der Waals surface area contributed by atoms with Gasteiger partial charge >= 0.3 is 72.1 Å². The fraction of sp³-hybridized carbons (Fsp3) is 0. The fourth-order valence-electron chi connectivity index (χ4n) is 0. The summed E-state index contributed by atoms with van der Waals surface area (Å²) >= 11 is 0. The smallest absolute Gasteiger partial charge is 2.00 e. The average molecular weight is 394 g/mol. The van der Waals surface area contributed by atoms with Crippen molar-refractivity contribution in [2.75, 3.05) is 0 Å². The molecule has 0 bridgehead atoms. The van der Waals surface area contributed by atoms with Crippen molar-refractivity contribution in [1.82, 2.24) is 0 Å². The molecule has 0 saturated carbocycles. The zero-order chi connectivity index (χ0) is 0. The largest absolute Gasteiger partial charge is 5.00 e. The molecule has 0 aromatic rings. The van der Waals surface area contributed by atoms with E-state index in [4.69, 9.17) is 0 Å². The average Bonchev–Trinajstić information content (AvgIpc) is 0. The van der Waals surface area contributed by atoms with Gasteiger partial charge in [-0.25, -0.2) is 0 Å². The summed E-state index contributed by atoms with van der Waals surface area (Å²) in [5, 5.41) is 0. The molecular formula is CdNb2O6. The molecule has 0 atom stereocenters. The molecule has 9 heteroatoms. The van der Waals surface area contributed by atoms with Crippen molar-refractivity contribution in [2.24, 2.45) is 0 Å². The molecule has 0 spiro atoms. The van der Waals surface area contributed by atoms with Gasteiger partial charge < -0.3 is 32.9 Å². The summed E-state index contributed by atoms with van der Waals surface area (Å²) in [5.74, 6) is 0. The first-order valence-electron chi connectivity index (χ1n) is 0. The van der Waals surface area contributed by atoms with Gasteiger partial charge in [0.05, 0.1) is 0 Å². The number of rotatable bonds is 0. The van der Waals surface area contributed by atoms with Gasteiger partial charge in [-0.15, -0.1) is 0 Å². The standard InChI is InChI=1S/Cd.2Nb.6O/q+2;2*+5;6*-2. The Labute approximate surface area is 104 Å². The predicted molar refractivity (Wildman–Crippen MR) is 4.12 cm³/mol. The van der Waals surface area contributed by atoms with Crippen LogP contribution in [0.1, 0.15) is 0 Å². The number of hydrogen-bond donors (Lipinski definition) is 0. The zero-order valence-corrected chi connectivity index (χ0v) is 12.5. The van der Waals surface area contributed by atoms with Crippen molar-refractivity contribution in [3.63, 3.8) is 0 Å². The Bertz CT molecular complexity index is 11.0. The second kappa shape index (κ2) is 182. The van der Waals surface area contributed by atoms with E-state index in [0.717, 1.165) is 0 Å². The Kier molecular flexibility index (Phi) is 5000. The summed E-state index contributed by atoms with van der Waals surface area (Å²) in [5.41, 5.74) is 0. The van der Waals surface area contributed by atoms with Gasteiger partial charge in [0.2, 0.25) is 0 Å². The first-order valence-corrected chi connectivity index (χ1v) is 0. The summed E-state index contributed by atoms with van der Waals surface area (Å²) in [4.78, 5) is 0. The fourth-order valence-corrected chi connectivity index (χ4v) is 0. The molecule has 0 aliphatic rings. The van der Waals surface area contributed by atoms with Gasteiger partial charge in [0, 0.05) is 0 Å². The first-order chi connectivity index (χ1) is 0. The van der Waals surface area contributed by atoms with Crippen molar-refractivity contribution >= 4 is 0 Å². The summed E-state index contributed by atoms with van der Waals surface area (Å²) in [6.45, 7) is 0. The second-order valence-corrected chi connectivity index (χ2v) is 0. The monoisotopic (exact) mass is 396 g/mol. The molecule has 48 valence electrons. The summed E-state index contributed by atoms with van der Waals surface area (Å²) < 4.78 is 0. The van der Waals surface area contributed by atoms with Gasteiger partial charge in [-0.2, -0.15) is 0 Å². The van der Waals surface area contributed by atoms with Crippen molar-refractivity contribution in [3.05, 3.63) is 0 Å². The van der Waals surface area contributed by atoms with Crippen LogP contribution in [-0.4, -0.2) is 0 Å². The molecule has 0 aromatic heterocycles. The molecule has 0 radical (unpaired) electrons. The van der Waals surface area contributed by atoms with E-state index in [9.17, 15) is 0 Å². The van der Waals surface area contributed by atoms with Crippen LogP contribution in [-0.2, 0) is 105 Å². The van der Waals surface area contributed by atoms with E-state index >= 15 is 0 Å². The van der Waals surface area contributed by atoms with E-state index in [1.54, 1.807) is 0 Å². The first kappa shape index (κ1) is 247. The third-order valence-electron chi connectivity index (χ3n) is 0. The molecule has 0 amide bonds. The van der Waals surface area contributed by atoms with Crippen LogP contribution < -0.4 is 0 Å². The van der Waals surface area contributed by atoms with Crippen molar-refractivity contribution in [2.45, 2.75) is 0 Å². The van der Waals surface area contributed by atoms with Crippen LogP contribution in [0.2, 0.25) is 0 Å². The Morgan fingerprint density at radius 2 is 0.333 bits per heavy atom. The number of hydrogen-bond acceptors (Lipinski definition) is 0. The van der Waals surface area contributed by atoms with Crippen molar-refractivity contribution in [1.29, 1.82) is 0 Å². The molecule has 0 aliphatic carbocycles. The van der Waals surface area contributed by atoms with Gasteiger partial charge in [-0.05, 0) is 0 Å². The summed E-state index contributed by atoms with van der Waals surface area (Å²) in [7, 11) is 0. The zero-order valence-electron chi connectivity index (χ0n) is 4.05. The van der Waals surface area contributed by atoms with Crippen LogP contribution in [0.25, 0.3) is 0 Å². The maximum atomic E-state index is 0. The van der Waals surface area contributed by atoms with E-state index in [0.29, 0.717) is 0 Å². The van der Waals surface area contributed by atoms with E-state index in [-0.39, 0.29) is 105 Å². The van der Waals surface area contributed by atoms with Crippen LogP contribution in [0.15, 0.2) is 0 Å². The molecular weight excluding hydrogens is 394 g/mol. The topological polar surface area (TPSA) is 171 Å². The maximum absolute atomic E-state index is 0. The molecule has 0 N–H and O–H groups in total. The summed E-state index contributed by atoms with van der Waals surface area (Å²) in [6, 6.07) is 0. The van der Waals surface area contributed by atoms with E-state index in [1.165, 1.54) is 0 Å². The molecule has 0 heterocycles. The Balaban J connectivity index is 0. The van der Waals surface area contributed by atoms with Crippen LogP contribution in [0.3, 0.4) is 0 Å². The van der Waals surface area contributed by atoms with Crippen LogP contribution in [0, 0.1) is 0 Å². The van der Waals surface area contributed by atoms with E-state index in [2.05, 4.69) is 0 Å². The normalized spacial score (nSPS) is 0. The Morgan fingerprint density at radius 1 is 0.333 bits per heavy atom. The van der Waals surface area contributed by atoms with E-state index < -0.39 is 0 Å². The predicted octanol–water partition coefficient (Wildman–Crippen LogP) is -0.720. The van der Waals surface area contributed by atoms with Crippen molar-refractivity contribution in [3.8, 4) is 0 Å². The van der Waals surface area contributed by atoms with Gasteiger partial charge in [0.15, 0.2) is 0 Å².